The Morgan fingerprint density at radius 3 is 2.43 bits per heavy atom. The number of carbonyl (C=O) groups excluding carboxylic acids is 1. The third-order valence-corrected chi connectivity index (χ3v) is 4.50. The van der Waals surface area contributed by atoms with Crippen molar-refractivity contribution in [3.8, 4) is 0 Å². The molecule has 0 aromatic heterocycles. The van der Waals surface area contributed by atoms with E-state index in [1.165, 1.54) is 6.07 Å². The van der Waals surface area contributed by atoms with Gasteiger partial charge in [-0.3, -0.25) is 4.79 Å². The number of alkyl halides is 3. The Morgan fingerprint density at radius 2 is 1.76 bits per heavy atom. The van der Waals surface area contributed by atoms with Crippen molar-refractivity contribution in [3.05, 3.63) is 23.8 Å². The van der Waals surface area contributed by atoms with Crippen molar-refractivity contribution in [3.63, 3.8) is 0 Å². The fourth-order valence-electron chi connectivity index (χ4n) is 3.21. The topological polar surface area (TPSA) is 41.1 Å². The highest BCUT2D eigenvalue weighted by atomic mass is 19.4. The number of nitrogens with one attached hydrogen (secondary N) is 2. The van der Waals surface area contributed by atoms with Crippen LogP contribution >= 0.6 is 0 Å². The molecule has 1 aromatic rings. The first kappa shape index (κ1) is 14.2. The van der Waals surface area contributed by atoms with Crippen LogP contribution in [0.15, 0.2) is 18.2 Å². The van der Waals surface area contributed by atoms with Gasteiger partial charge in [-0.15, -0.1) is 0 Å². The standard InChI is InChI=1S/C15H17F3N2O/c16-15(17,18)10-4-5-11-12(8-10)19-9-14(13(21)20-11)6-2-1-3-7-14/h4-5,8,19H,1-3,6-7,9H2,(H,20,21). The second-order valence-electron chi connectivity index (χ2n) is 5.91. The zero-order chi connectivity index (χ0) is 15.1. The van der Waals surface area contributed by atoms with Crippen LogP contribution in [0.5, 0.6) is 0 Å². The summed E-state index contributed by atoms with van der Waals surface area (Å²) in [6.07, 6.45) is 0.270. The molecule has 0 radical (unpaired) electrons. The van der Waals surface area contributed by atoms with E-state index in [0.717, 1.165) is 44.2 Å². The van der Waals surface area contributed by atoms with Gasteiger partial charge in [0.15, 0.2) is 0 Å². The number of anilines is 2. The van der Waals surface area contributed by atoms with Crippen LogP contribution in [-0.2, 0) is 11.0 Å². The van der Waals surface area contributed by atoms with Crippen molar-refractivity contribution < 1.29 is 18.0 Å². The molecule has 2 aliphatic rings. The number of halogens is 3. The van der Waals surface area contributed by atoms with Crippen LogP contribution in [0.25, 0.3) is 0 Å². The maximum atomic E-state index is 12.8. The lowest BCUT2D eigenvalue weighted by atomic mass is 9.73. The van der Waals surface area contributed by atoms with E-state index in [0.29, 0.717) is 17.9 Å². The fourth-order valence-corrected chi connectivity index (χ4v) is 3.21. The molecule has 3 rings (SSSR count). The Hall–Kier alpha value is -1.72. The van der Waals surface area contributed by atoms with Crippen molar-refractivity contribution in [1.82, 2.24) is 0 Å². The highest BCUT2D eigenvalue weighted by molar-refractivity contribution is 6.00. The van der Waals surface area contributed by atoms with Gasteiger partial charge in [0, 0.05) is 6.54 Å². The van der Waals surface area contributed by atoms with Crippen LogP contribution in [0.3, 0.4) is 0 Å². The summed E-state index contributed by atoms with van der Waals surface area (Å²) in [5.41, 5.74) is -0.422. The molecular formula is C15H17F3N2O. The highest BCUT2D eigenvalue weighted by Gasteiger charge is 2.41. The summed E-state index contributed by atoms with van der Waals surface area (Å²) >= 11 is 0. The zero-order valence-corrected chi connectivity index (χ0v) is 11.5. The summed E-state index contributed by atoms with van der Waals surface area (Å²) in [6, 6.07) is 3.39. The highest BCUT2D eigenvalue weighted by Crippen LogP contribution is 2.42. The summed E-state index contributed by atoms with van der Waals surface area (Å²) in [7, 11) is 0. The van der Waals surface area contributed by atoms with Crippen molar-refractivity contribution in [1.29, 1.82) is 0 Å². The van der Waals surface area contributed by atoms with Crippen LogP contribution in [0.1, 0.15) is 37.7 Å². The fraction of sp³-hybridized carbons (Fsp3) is 0.533. The van der Waals surface area contributed by atoms with Gasteiger partial charge in [-0.25, -0.2) is 0 Å². The number of fused-ring (bicyclic) bond motifs is 1. The normalized spacial score (nSPS) is 21.2. The number of hydrogen-bond donors (Lipinski definition) is 2. The van der Waals surface area contributed by atoms with Crippen LogP contribution < -0.4 is 10.6 Å². The molecule has 1 heterocycles. The van der Waals surface area contributed by atoms with E-state index >= 15 is 0 Å². The molecule has 1 spiro atoms. The second kappa shape index (κ2) is 4.93. The predicted octanol–water partition coefficient (Wildman–Crippen LogP) is 4.02. The number of carbonyl (C=O) groups is 1. The van der Waals surface area contributed by atoms with Crippen molar-refractivity contribution in [2.45, 2.75) is 38.3 Å². The molecule has 3 nitrogen and oxygen atoms in total. The summed E-state index contributed by atoms with van der Waals surface area (Å²) in [5, 5.41) is 5.84. The molecule has 114 valence electrons. The lowest BCUT2D eigenvalue weighted by Crippen LogP contribution is -2.41. The van der Waals surface area contributed by atoms with Crippen molar-refractivity contribution in [2.24, 2.45) is 5.41 Å². The summed E-state index contributed by atoms with van der Waals surface area (Å²) in [6.45, 7) is 0.396. The minimum absolute atomic E-state index is 0.0757. The van der Waals surface area contributed by atoms with E-state index in [-0.39, 0.29) is 5.91 Å². The first-order valence-electron chi connectivity index (χ1n) is 7.17. The van der Waals surface area contributed by atoms with Crippen LogP contribution in [-0.4, -0.2) is 12.5 Å². The Kier molecular flexibility index (Phi) is 3.34. The Labute approximate surface area is 120 Å². The molecule has 1 aromatic carbocycles. The molecule has 1 amide bonds. The van der Waals surface area contributed by atoms with E-state index in [2.05, 4.69) is 10.6 Å². The smallest absolute Gasteiger partial charge is 0.382 e. The van der Waals surface area contributed by atoms with Crippen molar-refractivity contribution >= 4 is 17.3 Å². The average molecular weight is 298 g/mol. The molecule has 21 heavy (non-hydrogen) atoms. The number of benzene rings is 1. The monoisotopic (exact) mass is 298 g/mol. The van der Waals surface area contributed by atoms with Gasteiger partial charge in [0.2, 0.25) is 5.91 Å². The average Bonchev–Trinajstić information content (AvgIpc) is 2.57. The van der Waals surface area contributed by atoms with Crippen LogP contribution in [0.4, 0.5) is 24.5 Å². The van der Waals surface area contributed by atoms with Crippen LogP contribution in [0, 0.1) is 5.41 Å². The third-order valence-electron chi connectivity index (χ3n) is 4.50. The largest absolute Gasteiger partial charge is 0.416 e. The Bertz CT molecular complexity index is 563. The lowest BCUT2D eigenvalue weighted by molar-refractivity contribution is -0.137. The van der Waals surface area contributed by atoms with Gasteiger partial charge in [0.05, 0.1) is 22.4 Å². The number of rotatable bonds is 0. The van der Waals surface area contributed by atoms with Gasteiger partial charge in [0.25, 0.3) is 0 Å². The Morgan fingerprint density at radius 1 is 1.05 bits per heavy atom. The first-order chi connectivity index (χ1) is 9.91. The molecule has 1 saturated carbocycles. The number of amides is 1. The minimum atomic E-state index is -4.38. The van der Waals surface area contributed by atoms with Crippen LogP contribution in [0.2, 0.25) is 0 Å². The predicted molar refractivity (Wildman–Crippen MR) is 74.1 cm³/mol. The molecule has 0 atom stereocenters. The quantitative estimate of drug-likeness (QED) is 0.759. The summed E-state index contributed by atoms with van der Waals surface area (Å²) in [4.78, 5) is 12.5. The number of hydrogen-bond acceptors (Lipinski definition) is 2. The minimum Gasteiger partial charge on any atom is -0.382 e. The molecule has 1 fully saturated rings. The van der Waals surface area contributed by atoms with Gasteiger partial charge in [-0.1, -0.05) is 19.3 Å². The van der Waals surface area contributed by atoms with E-state index in [9.17, 15) is 18.0 Å². The van der Waals surface area contributed by atoms with Gasteiger partial charge >= 0.3 is 6.18 Å². The maximum absolute atomic E-state index is 12.8. The van der Waals surface area contributed by atoms with Gasteiger partial charge in [-0.05, 0) is 31.0 Å². The molecule has 6 heteroatoms. The molecule has 0 saturated heterocycles. The zero-order valence-electron chi connectivity index (χ0n) is 11.5. The van der Waals surface area contributed by atoms with E-state index in [4.69, 9.17) is 0 Å². The molecule has 1 aliphatic carbocycles. The molecular weight excluding hydrogens is 281 g/mol. The van der Waals surface area contributed by atoms with Gasteiger partial charge in [-0.2, -0.15) is 13.2 Å². The summed E-state index contributed by atoms with van der Waals surface area (Å²) < 4.78 is 38.3. The van der Waals surface area contributed by atoms with E-state index in [1.54, 1.807) is 0 Å². The molecule has 1 aliphatic heterocycles. The van der Waals surface area contributed by atoms with E-state index < -0.39 is 17.2 Å². The second-order valence-corrected chi connectivity index (χ2v) is 5.91. The first-order valence-corrected chi connectivity index (χ1v) is 7.17. The van der Waals surface area contributed by atoms with Gasteiger partial charge in [0.1, 0.15) is 0 Å². The maximum Gasteiger partial charge on any atom is 0.416 e. The molecule has 0 bridgehead atoms. The van der Waals surface area contributed by atoms with Gasteiger partial charge < -0.3 is 10.6 Å². The van der Waals surface area contributed by atoms with Crippen molar-refractivity contribution in [2.75, 3.05) is 17.2 Å². The lowest BCUT2D eigenvalue weighted by Gasteiger charge is -2.34. The molecule has 2 N–H and O–H groups in total. The molecule has 0 unspecified atom stereocenters. The Balaban J connectivity index is 1.91. The summed E-state index contributed by atoms with van der Waals surface area (Å²) in [5.74, 6) is -0.0757. The SMILES string of the molecule is O=C1Nc2ccc(C(F)(F)F)cc2NCC12CCCCC2. The van der Waals surface area contributed by atoms with E-state index in [1.807, 2.05) is 0 Å². The third kappa shape index (κ3) is 2.59.